The summed E-state index contributed by atoms with van der Waals surface area (Å²) in [5.41, 5.74) is 6.32. The van der Waals surface area contributed by atoms with E-state index in [0.717, 1.165) is 38.8 Å². The molecule has 3 aliphatic rings. The molecule has 2 heterocycles. The van der Waals surface area contributed by atoms with Crippen LogP contribution in [0.15, 0.2) is 23.1 Å². The van der Waals surface area contributed by atoms with Crippen molar-refractivity contribution in [3.8, 4) is 0 Å². The fourth-order valence-electron chi connectivity index (χ4n) is 4.36. The van der Waals surface area contributed by atoms with Crippen molar-refractivity contribution in [3.05, 3.63) is 39.9 Å². The minimum absolute atomic E-state index is 0. The molecule has 8 heteroatoms. The lowest BCUT2D eigenvalue weighted by Crippen LogP contribution is -2.24. The SMILES string of the molecule is Cl.NC1CC12CCN(c1cc3c(cc1F)c(=O)c(C(=O)O)cn3C1CC1)C2. The largest absolute Gasteiger partial charge is 0.477 e. The average molecular weight is 394 g/mol. The van der Waals surface area contributed by atoms with Gasteiger partial charge in [0, 0.05) is 42.2 Å². The van der Waals surface area contributed by atoms with Crippen LogP contribution in [-0.2, 0) is 0 Å². The Morgan fingerprint density at radius 2 is 2.04 bits per heavy atom. The van der Waals surface area contributed by atoms with Gasteiger partial charge in [0.05, 0.1) is 11.2 Å². The Labute approximate surface area is 161 Å². The Kier molecular flexibility index (Phi) is 4.01. The maximum absolute atomic E-state index is 14.8. The number of halogens is 2. The second-order valence-corrected chi connectivity index (χ2v) is 7.98. The van der Waals surface area contributed by atoms with Crippen LogP contribution >= 0.6 is 12.4 Å². The molecule has 2 atom stereocenters. The number of nitrogens with two attached hydrogens (primary N) is 1. The van der Waals surface area contributed by atoms with Gasteiger partial charge in [0.1, 0.15) is 11.4 Å². The summed E-state index contributed by atoms with van der Waals surface area (Å²) in [6, 6.07) is 3.29. The zero-order valence-electron chi connectivity index (χ0n) is 14.7. The number of aromatic carboxylic acids is 1. The second kappa shape index (κ2) is 5.94. The third-order valence-electron chi connectivity index (χ3n) is 6.25. The second-order valence-electron chi connectivity index (χ2n) is 7.98. The molecule has 1 aliphatic heterocycles. The summed E-state index contributed by atoms with van der Waals surface area (Å²) in [5.74, 6) is -1.76. The van der Waals surface area contributed by atoms with Crippen LogP contribution in [0.25, 0.3) is 10.9 Å². The average Bonchev–Trinajstić information content (AvgIpc) is 3.48. The standard InChI is InChI=1S/C19H20FN3O3.ClH/c20-13-5-11-14(6-15(13)22-4-3-19(9-22)7-16(19)21)23(10-1-2-10)8-12(17(11)24)18(25)26;/h5-6,8,10,16H,1-4,7,9,21H2,(H,25,26);1H. The van der Waals surface area contributed by atoms with Crippen molar-refractivity contribution in [3.63, 3.8) is 0 Å². The lowest BCUT2D eigenvalue weighted by Gasteiger charge is -2.21. The minimum atomic E-state index is -1.28. The van der Waals surface area contributed by atoms with Gasteiger partial charge in [-0.2, -0.15) is 0 Å². The molecule has 5 rings (SSSR count). The maximum atomic E-state index is 14.8. The van der Waals surface area contributed by atoms with E-state index in [0.29, 0.717) is 11.2 Å². The molecule has 2 aliphatic carbocycles. The van der Waals surface area contributed by atoms with Gasteiger partial charge < -0.3 is 20.3 Å². The molecule has 0 amide bonds. The highest BCUT2D eigenvalue weighted by Gasteiger charge is 2.55. The number of carboxylic acid groups (broad SMARTS) is 1. The lowest BCUT2D eigenvalue weighted by atomic mass is 10.1. The van der Waals surface area contributed by atoms with E-state index < -0.39 is 17.2 Å². The molecule has 0 bridgehead atoms. The summed E-state index contributed by atoms with van der Waals surface area (Å²) < 4.78 is 16.7. The predicted octanol–water partition coefficient (Wildman–Crippen LogP) is 2.52. The van der Waals surface area contributed by atoms with Crippen molar-refractivity contribution in [1.82, 2.24) is 4.57 Å². The summed E-state index contributed by atoms with van der Waals surface area (Å²) in [4.78, 5) is 25.9. The molecule has 2 saturated carbocycles. The Morgan fingerprint density at radius 1 is 1.33 bits per heavy atom. The molecule has 1 aromatic carbocycles. The molecule has 3 N–H and O–H groups in total. The number of hydrogen-bond donors (Lipinski definition) is 2. The van der Waals surface area contributed by atoms with Crippen LogP contribution < -0.4 is 16.1 Å². The van der Waals surface area contributed by atoms with Gasteiger partial charge in [-0.25, -0.2) is 9.18 Å². The molecule has 1 saturated heterocycles. The van der Waals surface area contributed by atoms with Gasteiger partial charge in [-0.1, -0.05) is 0 Å². The Bertz CT molecular complexity index is 1020. The molecule has 2 unspecified atom stereocenters. The molecule has 3 fully saturated rings. The Balaban J connectivity index is 0.00000180. The van der Waals surface area contributed by atoms with E-state index in [-0.39, 0.29) is 40.9 Å². The van der Waals surface area contributed by atoms with Gasteiger partial charge in [0.2, 0.25) is 5.43 Å². The van der Waals surface area contributed by atoms with E-state index in [1.165, 1.54) is 12.3 Å². The van der Waals surface area contributed by atoms with Crippen LogP contribution in [0.2, 0.25) is 0 Å². The first-order valence-electron chi connectivity index (χ1n) is 9.02. The van der Waals surface area contributed by atoms with E-state index in [9.17, 15) is 19.1 Å². The highest BCUT2D eigenvalue weighted by atomic mass is 35.5. The number of fused-ring (bicyclic) bond motifs is 1. The summed E-state index contributed by atoms with van der Waals surface area (Å²) in [5, 5.41) is 9.44. The third kappa shape index (κ3) is 2.72. The molecule has 0 radical (unpaired) electrons. The van der Waals surface area contributed by atoms with Crippen molar-refractivity contribution in [1.29, 1.82) is 0 Å². The monoisotopic (exact) mass is 393 g/mol. The summed E-state index contributed by atoms with van der Waals surface area (Å²) >= 11 is 0. The molecule has 144 valence electrons. The third-order valence-corrected chi connectivity index (χ3v) is 6.25. The fourth-order valence-corrected chi connectivity index (χ4v) is 4.36. The number of benzene rings is 1. The normalized spacial score (nSPS) is 26.4. The molecular formula is C19H21ClFN3O3. The van der Waals surface area contributed by atoms with Crippen LogP contribution in [0.4, 0.5) is 10.1 Å². The summed E-state index contributed by atoms with van der Waals surface area (Å²) in [7, 11) is 0. The molecule has 1 aromatic heterocycles. The molecule has 27 heavy (non-hydrogen) atoms. The van der Waals surface area contributed by atoms with E-state index >= 15 is 0 Å². The molecular weight excluding hydrogens is 373 g/mol. The van der Waals surface area contributed by atoms with E-state index in [4.69, 9.17) is 5.73 Å². The van der Waals surface area contributed by atoms with Crippen molar-refractivity contribution >= 4 is 35.0 Å². The minimum Gasteiger partial charge on any atom is -0.477 e. The number of hydrogen-bond acceptors (Lipinski definition) is 4. The number of carboxylic acids is 1. The summed E-state index contributed by atoms with van der Waals surface area (Å²) in [6.45, 7) is 1.48. The molecule has 6 nitrogen and oxygen atoms in total. The number of carbonyl (C=O) groups is 1. The topological polar surface area (TPSA) is 88.6 Å². The van der Waals surface area contributed by atoms with E-state index in [2.05, 4.69) is 0 Å². The Morgan fingerprint density at radius 3 is 2.59 bits per heavy atom. The van der Waals surface area contributed by atoms with Crippen LogP contribution in [0.5, 0.6) is 0 Å². The van der Waals surface area contributed by atoms with Crippen LogP contribution in [0, 0.1) is 11.2 Å². The van der Waals surface area contributed by atoms with Crippen LogP contribution in [0.1, 0.15) is 42.1 Å². The maximum Gasteiger partial charge on any atom is 0.341 e. The van der Waals surface area contributed by atoms with Gasteiger partial charge in [-0.15, -0.1) is 12.4 Å². The van der Waals surface area contributed by atoms with Crippen molar-refractivity contribution in [2.75, 3.05) is 18.0 Å². The number of rotatable bonds is 3. The zero-order valence-corrected chi connectivity index (χ0v) is 15.5. The van der Waals surface area contributed by atoms with Gasteiger partial charge >= 0.3 is 5.97 Å². The molecule has 2 aromatic rings. The lowest BCUT2D eigenvalue weighted by molar-refractivity contribution is 0.0695. The van der Waals surface area contributed by atoms with Gasteiger partial charge in [0.25, 0.3) is 0 Å². The van der Waals surface area contributed by atoms with E-state index in [1.807, 2.05) is 9.47 Å². The first-order chi connectivity index (χ1) is 12.4. The number of aromatic nitrogens is 1. The van der Waals surface area contributed by atoms with Crippen LogP contribution in [0.3, 0.4) is 0 Å². The highest BCUT2D eigenvalue weighted by Crippen LogP contribution is 2.52. The smallest absolute Gasteiger partial charge is 0.341 e. The van der Waals surface area contributed by atoms with Crippen molar-refractivity contribution in [2.45, 2.75) is 37.8 Å². The first-order valence-corrected chi connectivity index (χ1v) is 9.02. The van der Waals surface area contributed by atoms with Crippen LogP contribution in [-0.4, -0.2) is 34.8 Å². The number of nitrogens with zero attached hydrogens (tertiary/aromatic N) is 2. The quantitative estimate of drug-likeness (QED) is 0.836. The number of pyridine rings is 1. The van der Waals surface area contributed by atoms with Crippen molar-refractivity contribution in [2.24, 2.45) is 11.1 Å². The molecule has 1 spiro atoms. The fraction of sp³-hybridized carbons (Fsp3) is 0.474. The van der Waals surface area contributed by atoms with Gasteiger partial charge in [0.15, 0.2) is 0 Å². The van der Waals surface area contributed by atoms with Crippen molar-refractivity contribution < 1.29 is 14.3 Å². The predicted molar refractivity (Wildman–Crippen MR) is 102 cm³/mol. The van der Waals surface area contributed by atoms with Gasteiger partial charge in [-0.3, -0.25) is 4.79 Å². The highest BCUT2D eigenvalue weighted by molar-refractivity contribution is 5.93. The Hall–Kier alpha value is -2.12. The van der Waals surface area contributed by atoms with Gasteiger partial charge in [-0.05, 0) is 37.8 Å². The number of anilines is 1. The van der Waals surface area contributed by atoms with E-state index in [1.54, 1.807) is 6.07 Å². The zero-order chi connectivity index (χ0) is 18.2. The first kappa shape index (κ1) is 18.3. The summed E-state index contributed by atoms with van der Waals surface area (Å²) in [6.07, 6.45) is 5.22.